The van der Waals surface area contributed by atoms with E-state index in [2.05, 4.69) is 48.2 Å². The Morgan fingerprint density at radius 3 is 2.06 bits per heavy atom. The second-order valence-corrected chi connectivity index (χ2v) is 13.2. The van der Waals surface area contributed by atoms with Gasteiger partial charge in [0.25, 0.3) is 0 Å². The van der Waals surface area contributed by atoms with Crippen LogP contribution in [-0.2, 0) is 60.8 Å². The van der Waals surface area contributed by atoms with E-state index in [1.165, 1.54) is 0 Å². The summed E-state index contributed by atoms with van der Waals surface area (Å²) >= 11 is 1.58. The average molecular weight is 505 g/mol. The Kier molecular flexibility index (Phi) is 7.58. The molecule has 2 unspecified atom stereocenters. The van der Waals surface area contributed by atoms with Crippen LogP contribution < -0.4 is 0 Å². The van der Waals surface area contributed by atoms with E-state index < -0.39 is 5.78 Å². The van der Waals surface area contributed by atoms with Gasteiger partial charge in [-0.1, -0.05) is 0 Å². The van der Waals surface area contributed by atoms with Gasteiger partial charge in [0.1, 0.15) is 0 Å². The molecule has 0 spiro atoms. The molecule has 1 aliphatic heterocycles. The fourth-order valence-corrected chi connectivity index (χ4v) is 4.83. The molecule has 1 heterocycles. The topological polar surface area (TPSA) is 18.5 Å². The second kappa shape index (κ2) is 6.73. The summed E-state index contributed by atoms with van der Waals surface area (Å²) in [5.74, 6) is -0.0669. The van der Waals surface area contributed by atoms with Crippen LogP contribution in [0.15, 0.2) is 0 Å². The molecule has 0 amide bonds. The molecular weight excluding hydrogens is 480 g/mol. The van der Waals surface area contributed by atoms with E-state index in [1.54, 1.807) is 18.8 Å². The number of hydrogen-bond acceptors (Lipinski definition) is 2. The van der Waals surface area contributed by atoms with E-state index in [1.807, 2.05) is 0 Å². The van der Waals surface area contributed by atoms with E-state index in [0.29, 0.717) is 12.0 Å². The fourth-order valence-electron chi connectivity index (χ4n) is 2.54. The first-order valence-electron chi connectivity index (χ1n) is 5.97. The van der Waals surface area contributed by atoms with Gasteiger partial charge in [-0.2, -0.15) is 0 Å². The van der Waals surface area contributed by atoms with Gasteiger partial charge in [0.2, 0.25) is 0 Å². The molecule has 1 fully saturated rings. The summed E-state index contributed by atoms with van der Waals surface area (Å²) in [7, 11) is 0. The van der Waals surface area contributed by atoms with Crippen LogP contribution in [-0.4, -0.2) is 24.5 Å². The minimum absolute atomic E-state index is 0. The summed E-state index contributed by atoms with van der Waals surface area (Å²) < 4.78 is 12.3. The van der Waals surface area contributed by atoms with Gasteiger partial charge in [-0.15, -0.1) is 0 Å². The normalized spacial score (nSPS) is 39.5. The molecule has 0 saturated carbocycles. The van der Waals surface area contributed by atoms with E-state index in [-0.39, 0.29) is 49.8 Å². The molecular formula is C12H25O2PWY. The average Bonchev–Trinajstić information content (AvgIpc) is 2.28. The minimum Gasteiger partial charge on any atom is 0 e. The molecule has 0 aromatic heterocycles. The van der Waals surface area contributed by atoms with Crippen LogP contribution in [0.5, 0.6) is 0 Å². The van der Waals surface area contributed by atoms with Gasteiger partial charge in [-0.3, -0.25) is 0 Å². The Labute approximate surface area is 142 Å². The summed E-state index contributed by atoms with van der Waals surface area (Å²) in [6.07, 6.45) is 0.499. The summed E-state index contributed by atoms with van der Waals surface area (Å²) in [5, 5.41) is 0. The maximum atomic E-state index is 6.24. The minimum atomic E-state index is -0.582. The van der Waals surface area contributed by atoms with Crippen molar-refractivity contribution in [2.45, 2.75) is 59.4 Å². The van der Waals surface area contributed by atoms with Crippen molar-refractivity contribution in [3.8, 4) is 0 Å². The quantitative estimate of drug-likeness (QED) is 0.548. The SMILES string of the molecule is CC(O[PH](C)=[W])[C@@]1(C)O[C@@H](C)C(C)(C)[C@@H]1C.[Y]. The Morgan fingerprint density at radius 2 is 1.76 bits per heavy atom. The van der Waals surface area contributed by atoms with Crippen molar-refractivity contribution in [1.82, 2.24) is 0 Å². The number of rotatable bonds is 3. The molecule has 5 heteroatoms. The smallest absolute Gasteiger partial charge is 0 e. The van der Waals surface area contributed by atoms with E-state index >= 15 is 0 Å². The molecule has 99 valence electrons. The van der Waals surface area contributed by atoms with Gasteiger partial charge >= 0.3 is 111 Å². The van der Waals surface area contributed by atoms with Crippen molar-refractivity contribution in [3.05, 3.63) is 0 Å². The monoisotopic (exact) mass is 505 g/mol. The van der Waals surface area contributed by atoms with E-state index in [0.717, 1.165) is 0 Å². The predicted octanol–water partition coefficient (Wildman–Crippen LogP) is 3.45. The Balaban J connectivity index is 0.00000256. The van der Waals surface area contributed by atoms with Crippen LogP contribution >= 0.6 is 5.78 Å². The molecule has 0 N–H and O–H groups in total. The van der Waals surface area contributed by atoms with Crippen molar-refractivity contribution >= 4 is 5.78 Å². The second-order valence-electron chi connectivity index (χ2n) is 5.74. The first kappa shape index (κ1) is 19.1. The summed E-state index contributed by atoms with van der Waals surface area (Å²) in [6, 6.07) is 0. The third-order valence-electron chi connectivity index (χ3n) is 4.60. The number of ether oxygens (including phenoxy) is 1. The van der Waals surface area contributed by atoms with Crippen molar-refractivity contribution < 1.29 is 60.8 Å². The van der Waals surface area contributed by atoms with Crippen LogP contribution in [0.25, 0.3) is 0 Å². The maximum Gasteiger partial charge on any atom is 0 e. The molecule has 0 aromatic rings. The Morgan fingerprint density at radius 1 is 1.29 bits per heavy atom. The van der Waals surface area contributed by atoms with Crippen molar-refractivity contribution in [1.29, 1.82) is 0 Å². The van der Waals surface area contributed by atoms with E-state index in [9.17, 15) is 0 Å². The summed E-state index contributed by atoms with van der Waals surface area (Å²) in [6.45, 7) is 15.7. The van der Waals surface area contributed by atoms with Gasteiger partial charge in [-0.05, 0) is 0 Å². The molecule has 1 aliphatic rings. The molecule has 0 aliphatic carbocycles. The van der Waals surface area contributed by atoms with Crippen LogP contribution in [0.1, 0.15) is 41.5 Å². The zero-order valence-corrected chi connectivity index (χ0v) is 18.8. The molecule has 1 radical (unpaired) electrons. The van der Waals surface area contributed by atoms with Crippen LogP contribution in [0.4, 0.5) is 0 Å². The molecule has 5 atom stereocenters. The van der Waals surface area contributed by atoms with Crippen LogP contribution in [0.2, 0.25) is 0 Å². The third-order valence-corrected chi connectivity index (χ3v) is 6.33. The molecule has 0 bridgehead atoms. The maximum absolute atomic E-state index is 6.24. The van der Waals surface area contributed by atoms with Gasteiger partial charge < -0.3 is 0 Å². The summed E-state index contributed by atoms with van der Waals surface area (Å²) in [4.78, 5) is 0. The third kappa shape index (κ3) is 3.83. The molecule has 1 saturated heterocycles. The van der Waals surface area contributed by atoms with Crippen LogP contribution in [0.3, 0.4) is 0 Å². The van der Waals surface area contributed by atoms with Crippen molar-refractivity contribution in [3.63, 3.8) is 0 Å². The van der Waals surface area contributed by atoms with Gasteiger partial charge in [-0.25, -0.2) is 0 Å². The Hall–Kier alpha value is 2.14. The molecule has 17 heavy (non-hydrogen) atoms. The van der Waals surface area contributed by atoms with Gasteiger partial charge in [0, 0.05) is 32.7 Å². The Bertz CT molecular complexity index is 298. The zero-order valence-electron chi connectivity index (χ0n) is 12.0. The van der Waals surface area contributed by atoms with Gasteiger partial charge in [0.05, 0.1) is 0 Å². The standard InChI is InChI=1S/C12H25O2P.W.Y/c1-8-11(4,5)9(2)13-12(8,6)10(3)14-15-7;;/h8-10,15H,1-7H3;;/t8-,9-,10?,12-;;/m0../s1. The molecule has 1 rings (SSSR count). The number of hydrogen-bond donors (Lipinski definition) is 0. The van der Waals surface area contributed by atoms with Crippen LogP contribution in [0, 0.1) is 11.3 Å². The van der Waals surface area contributed by atoms with Crippen molar-refractivity contribution in [2.24, 2.45) is 11.3 Å². The first-order chi connectivity index (χ1) is 7.12. The predicted molar refractivity (Wildman–Crippen MR) is 66.7 cm³/mol. The first-order valence-corrected chi connectivity index (χ1v) is 12.2. The van der Waals surface area contributed by atoms with Crippen molar-refractivity contribution in [2.75, 3.05) is 6.66 Å². The zero-order chi connectivity index (χ0) is 12.7. The summed E-state index contributed by atoms with van der Waals surface area (Å²) in [5.41, 5.74) is 0.0951. The van der Waals surface area contributed by atoms with E-state index in [4.69, 9.17) is 9.26 Å². The largest absolute Gasteiger partial charge is 0 e. The fraction of sp³-hybridized carbons (Fsp3) is 1.00. The van der Waals surface area contributed by atoms with Gasteiger partial charge in [0.15, 0.2) is 0 Å². The molecule has 2 nitrogen and oxygen atoms in total. The molecule has 0 aromatic carbocycles.